The monoisotopic (exact) mass is 473 g/mol. The molecular weight excluding hydrogens is 442 g/mol. The van der Waals surface area contributed by atoms with Gasteiger partial charge < -0.3 is 19.0 Å². The summed E-state index contributed by atoms with van der Waals surface area (Å²) in [4.78, 5) is 12.6. The van der Waals surface area contributed by atoms with E-state index < -0.39 is 0 Å². The van der Waals surface area contributed by atoms with E-state index in [2.05, 4.69) is 46.2 Å². The van der Waals surface area contributed by atoms with E-state index in [1.54, 1.807) is 12.1 Å². The summed E-state index contributed by atoms with van der Waals surface area (Å²) in [6.07, 6.45) is 1.63. The standard InChI is InChI=1S/C27H31N5O3/c1-5-32(6-2)14-15-33-30-24-12-11-21-22(24)8-7-9-23(21)26-29-27(35-31-26)19-10-13-25(34-18(3)4)20(16-19)17-28/h7-10,13,16,18H,5-6,11-12,14-15H2,1-4H3/b30-24-. The maximum absolute atomic E-state index is 9.53. The zero-order valence-corrected chi connectivity index (χ0v) is 20.7. The molecule has 35 heavy (non-hydrogen) atoms. The van der Waals surface area contributed by atoms with Gasteiger partial charge >= 0.3 is 0 Å². The minimum atomic E-state index is -0.0238. The third-order valence-electron chi connectivity index (χ3n) is 6.04. The van der Waals surface area contributed by atoms with Gasteiger partial charge in [0.05, 0.1) is 17.4 Å². The number of likely N-dealkylation sites (N-methyl/N-ethyl adjacent to an activating group) is 1. The molecule has 1 heterocycles. The van der Waals surface area contributed by atoms with E-state index >= 15 is 0 Å². The molecule has 0 bridgehead atoms. The summed E-state index contributed by atoms with van der Waals surface area (Å²) in [7, 11) is 0. The second-order valence-electron chi connectivity index (χ2n) is 8.64. The van der Waals surface area contributed by atoms with Crippen molar-refractivity contribution in [1.82, 2.24) is 15.0 Å². The Morgan fingerprint density at radius 2 is 1.94 bits per heavy atom. The first kappa shape index (κ1) is 24.4. The van der Waals surface area contributed by atoms with Gasteiger partial charge in [0.25, 0.3) is 5.89 Å². The average Bonchev–Trinajstić information content (AvgIpc) is 3.52. The van der Waals surface area contributed by atoms with Crippen LogP contribution in [-0.4, -0.2) is 53.1 Å². The number of rotatable bonds is 10. The molecule has 0 unspecified atom stereocenters. The first-order valence-electron chi connectivity index (χ1n) is 12.1. The Bertz CT molecular complexity index is 1240. The van der Waals surface area contributed by atoms with Crippen LogP contribution in [0.15, 0.2) is 46.1 Å². The summed E-state index contributed by atoms with van der Waals surface area (Å²) in [6, 6.07) is 13.5. The Kier molecular flexibility index (Phi) is 7.78. The molecule has 3 aromatic rings. The molecule has 0 spiro atoms. The fraction of sp³-hybridized carbons (Fsp3) is 0.407. The topological polar surface area (TPSA) is 96.8 Å². The highest BCUT2D eigenvalue weighted by Crippen LogP contribution is 2.33. The molecule has 1 aliphatic rings. The van der Waals surface area contributed by atoms with Crippen LogP contribution in [0.5, 0.6) is 5.75 Å². The van der Waals surface area contributed by atoms with E-state index in [0.717, 1.165) is 54.9 Å². The molecule has 8 nitrogen and oxygen atoms in total. The molecular formula is C27H31N5O3. The molecule has 182 valence electrons. The van der Waals surface area contributed by atoms with E-state index in [1.165, 1.54) is 0 Å². The van der Waals surface area contributed by atoms with E-state index in [1.807, 2.05) is 32.0 Å². The molecule has 8 heteroatoms. The molecule has 0 amide bonds. The van der Waals surface area contributed by atoms with Gasteiger partial charge in [-0.3, -0.25) is 0 Å². The van der Waals surface area contributed by atoms with Crippen LogP contribution in [0.3, 0.4) is 0 Å². The second kappa shape index (κ2) is 11.2. The number of oxime groups is 1. The van der Waals surface area contributed by atoms with Gasteiger partial charge in [-0.1, -0.05) is 42.4 Å². The van der Waals surface area contributed by atoms with Gasteiger partial charge in [0, 0.05) is 23.2 Å². The number of nitriles is 1. The van der Waals surface area contributed by atoms with Crippen molar-refractivity contribution in [2.24, 2.45) is 5.16 Å². The number of nitrogens with zero attached hydrogens (tertiary/aromatic N) is 5. The summed E-state index contributed by atoms with van der Waals surface area (Å²) in [5.41, 5.74) is 5.19. The van der Waals surface area contributed by atoms with Gasteiger partial charge in [-0.2, -0.15) is 10.2 Å². The molecule has 4 rings (SSSR count). The molecule has 0 saturated heterocycles. The molecule has 0 fully saturated rings. The minimum Gasteiger partial charge on any atom is -0.490 e. The van der Waals surface area contributed by atoms with E-state index in [4.69, 9.17) is 14.1 Å². The van der Waals surface area contributed by atoms with Crippen molar-refractivity contribution in [3.63, 3.8) is 0 Å². The predicted octanol–water partition coefficient (Wildman–Crippen LogP) is 5.07. The summed E-state index contributed by atoms with van der Waals surface area (Å²) < 4.78 is 11.3. The van der Waals surface area contributed by atoms with Crippen molar-refractivity contribution in [1.29, 1.82) is 5.26 Å². The smallest absolute Gasteiger partial charge is 0.258 e. The molecule has 0 atom stereocenters. The Hall–Kier alpha value is -3.70. The van der Waals surface area contributed by atoms with Gasteiger partial charge in [0.1, 0.15) is 18.4 Å². The number of ether oxygens (including phenoxy) is 1. The van der Waals surface area contributed by atoms with Crippen molar-refractivity contribution < 1.29 is 14.1 Å². The largest absolute Gasteiger partial charge is 0.490 e. The van der Waals surface area contributed by atoms with E-state index in [-0.39, 0.29) is 6.10 Å². The number of hydrogen-bond donors (Lipinski definition) is 0. The molecule has 0 N–H and O–H groups in total. The van der Waals surface area contributed by atoms with Gasteiger partial charge in [0.2, 0.25) is 5.82 Å². The number of fused-ring (bicyclic) bond motifs is 1. The van der Waals surface area contributed by atoms with Crippen LogP contribution in [0.4, 0.5) is 0 Å². The molecule has 1 aliphatic carbocycles. The second-order valence-corrected chi connectivity index (χ2v) is 8.64. The third kappa shape index (κ3) is 5.52. The van der Waals surface area contributed by atoms with Gasteiger partial charge in [0.15, 0.2) is 0 Å². The quantitative estimate of drug-likeness (QED) is 0.299. The zero-order valence-electron chi connectivity index (χ0n) is 20.7. The third-order valence-corrected chi connectivity index (χ3v) is 6.04. The highest BCUT2D eigenvalue weighted by atomic mass is 16.6. The van der Waals surface area contributed by atoms with Crippen LogP contribution in [0, 0.1) is 11.3 Å². The Balaban J connectivity index is 1.53. The molecule has 1 aromatic heterocycles. The van der Waals surface area contributed by atoms with Gasteiger partial charge in [-0.25, -0.2) is 0 Å². The fourth-order valence-electron chi connectivity index (χ4n) is 4.20. The zero-order chi connectivity index (χ0) is 24.8. The van der Waals surface area contributed by atoms with Crippen LogP contribution in [0.1, 0.15) is 50.8 Å². The molecule has 0 saturated carbocycles. The summed E-state index contributed by atoms with van der Waals surface area (Å²) in [5, 5.41) is 18.2. The van der Waals surface area contributed by atoms with E-state index in [0.29, 0.717) is 35.2 Å². The first-order valence-corrected chi connectivity index (χ1v) is 12.1. The van der Waals surface area contributed by atoms with Crippen molar-refractivity contribution in [3.05, 3.63) is 53.1 Å². The van der Waals surface area contributed by atoms with Gasteiger partial charge in [-0.15, -0.1) is 0 Å². The van der Waals surface area contributed by atoms with Crippen LogP contribution in [-0.2, 0) is 11.3 Å². The lowest BCUT2D eigenvalue weighted by atomic mass is 10.0. The molecule has 2 aromatic carbocycles. The Morgan fingerprint density at radius 3 is 2.69 bits per heavy atom. The van der Waals surface area contributed by atoms with Crippen LogP contribution in [0.2, 0.25) is 0 Å². The lowest BCUT2D eigenvalue weighted by molar-refractivity contribution is 0.114. The van der Waals surface area contributed by atoms with Crippen LogP contribution < -0.4 is 4.74 Å². The van der Waals surface area contributed by atoms with Crippen LogP contribution in [0.25, 0.3) is 22.8 Å². The molecule has 0 aliphatic heterocycles. The Labute approximate surface area is 206 Å². The number of hydrogen-bond acceptors (Lipinski definition) is 8. The number of aromatic nitrogens is 2. The lowest BCUT2D eigenvalue weighted by Gasteiger charge is -2.16. The maximum atomic E-state index is 9.53. The normalized spacial score (nSPS) is 13.9. The Morgan fingerprint density at radius 1 is 1.14 bits per heavy atom. The highest BCUT2D eigenvalue weighted by molar-refractivity contribution is 6.05. The van der Waals surface area contributed by atoms with Crippen molar-refractivity contribution >= 4 is 5.71 Å². The average molecular weight is 474 g/mol. The maximum Gasteiger partial charge on any atom is 0.258 e. The van der Waals surface area contributed by atoms with Gasteiger partial charge in [-0.05, 0) is 63.5 Å². The van der Waals surface area contributed by atoms with Crippen molar-refractivity contribution in [2.75, 3.05) is 26.2 Å². The SMILES string of the molecule is CCN(CC)CCO/N=C1/CCc2c1cccc2-c1noc(-c2ccc(OC(C)C)c(C#N)c2)n1. The van der Waals surface area contributed by atoms with Crippen molar-refractivity contribution in [3.8, 4) is 34.7 Å². The minimum absolute atomic E-state index is 0.0238. The predicted molar refractivity (Wildman–Crippen MR) is 134 cm³/mol. The number of benzene rings is 2. The first-order chi connectivity index (χ1) is 17.0. The fourth-order valence-corrected chi connectivity index (χ4v) is 4.20. The summed E-state index contributed by atoms with van der Waals surface area (Å²) in [6.45, 7) is 11.6. The van der Waals surface area contributed by atoms with Crippen molar-refractivity contribution in [2.45, 2.75) is 46.6 Å². The molecule has 0 radical (unpaired) electrons. The summed E-state index contributed by atoms with van der Waals surface area (Å²) >= 11 is 0. The highest BCUT2D eigenvalue weighted by Gasteiger charge is 2.24. The van der Waals surface area contributed by atoms with E-state index in [9.17, 15) is 5.26 Å². The lowest BCUT2D eigenvalue weighted by Crippen LogP contribution is -2.26. The summed E-state index contributed by atoms with van der Waals surface area (Å²) in [5.74, 6) is 1.41. The van der Waals surface area contributed by atoms with Crippen LogP contribution >= 0.6 is 0 Å².